The lowest BCUT2D eigenvalue weighted by molar-refractivity contribution is 0.205. The maximum absolute atomic E-state index is 8.59. The quantitative estimate of drug-likeness (QED) is 0.315. The van der Waals surface area contributed by atoms with Crippen LogP contribution < -0.4 is 10.6 Å². The minimum Gasteiger partial charge on any atom is -0.409 e. The molecule has 0 aliphatic rings. The molecule has 1 rings (SSSR count). The molecule has 0 saturated heterocycles. The zero-order valence-corrected chi connectivity index (χ0v) is 10.00. The minimum absolute atomic E-state index is 0.0311. The van der Waals surface area contributed by atoms with Crippen molar-refractivity contribution in [3.05, 3.63) is 18.0 Å². The number of amidine groups is 1. The Labute approximate surface area is 99.9 Å². The Kier molecular flexibility index (Phi) is 5.15. The van der Waals surface area contributed by atoms with Gasteiger partial charge in [0.05, 0.1) is 6.61 Å². The Hall–Kier alpha value is -1.89. The van der Waals surface area contributed by atoms with E-state index in [1.54, 1.807) is 19.4 Å². The van der Waals surface area contributed by atoms with E-state index < -0.39 is 0 Å². The van der Waals surface area contributed by atoms with Gasteiger partial charge < -0.3 is 20.6 Å². The van der Waals surface area contributed by atoms with E-state index >= 15 is 0 Å². The molecule has 0 aliphatic heterocycles. The van der Waals surface area contributed by atoms with Crippen LogP contribution in [0.3, 0.4) is 0 Å². The van der Waals surface area contributed by atoms with Crippen molar-refractivity contribution >= 4 is 11.8 Å². The summed E-state index contributed by atoms with van der Waals surface area (Å²) in [4.78, 5) is 10.3. The van der Waals surface area contributed by atoms with Crippen molar-refractivity contribution in [2.24, 2.45) is 10.9 Å². The Balaban J connectivity index is 2.88. The summed E-state index contributed by atoms with van der Waals surface area (Å²) in [5.74, 6) is 0.505. The Morgan fingerprint density at radius 3 is 3.00 bits per heavy atom. The molecular formula is C10H17N5O2. The standard InChI is InChI=1S/C10H17N5O2/c1-3-15(6-7-17-2)10-12-5-4-8(13-10)9(11)14-16/h4-5,16H,3,6-7H2,1-2H3,(H2,11,14). The highest BCUT2D eigenvalue weighted by Crippen LogP contribution is 2.07. The number of hydrogen-bond acceptors (Lipinski definition) is 6. The van der Waals surface area contributed by atoms with E-state index in [1.165, 1.54) is 0 Å². The lowest BCUT2D eigenvalue weighted by Gasteiger charge is -2.20. The SMILES string of the molecule is CCN(CCOC)c1nccc(/C(N)=N/O)n1. The first-order valence-electron chi connectivity index (χ1n) is 5.27. The van der Waals surface area contributed by atoms with E-state index in [0.717, 1.165) is 6.54 Å². The molecule has 1 heterocycles. The number of nitrogens with two attached hydrogens (primary N) is 1. The third kappa shape index (κ3) is 3.56. The summed E-state index contributed by atoms with van der Waals surface area (Å²) >= 11 is 0. The number of methoxy groups -OCH3 is 1. The average molecular weight is 239 g/mol. The fraction of sp³-hybridized carbons (Fsp3) is 0.500. The fourth-order valence-corrected chi connectivity index (χ4v) is 1.30. The summed E-state index contributed by atoms with van der Waals surface area (Å²) in [5, 5.41) is 11.5. The van der Waals surface area contributed by atoms with Gasteiger partial charge >= 0.3 is 0 Å². The van der Waals surface area contributed by atoms with Gasteiger partial charge in [0.15, 0.2) is 5.84 Å². The van der Waals surface area contributed by atoms with Crippen LogP contribution in [-0.4, -0.2) is 47.8 Å². The molecule has 0 saturated carbocycles. The first-order valence-corrected chi connectivity index (χ1v) is 5.27. The van der Waals surface area contributed by atoms with E-state index in [9.17, 15) is 0 Å². The van der Waals surface area contributed by atoms with Crippen LogP contribution in [0.4, 0.5) is 5.95 Å². The number of aromatic nitrogens is 2. The largest absolute Gasteiger partial charge is 0.409 e. The number of nitrogens with zero attached hydrogens (tertiary/aromatic N) is 4. The molecule has 7 heteroatoms. The molecule has 94 valence electrons. The van der Waals surface area contributed by atoms with Gasteiger partial charge in [-0.2, -0.15) is 0 Å². The molecule has 0 radical (unpaired) electrons. The number of rotatable bonds is 6. The molecule has 1 aromatic rings. The predicted octanol–water partition coefficient (Wildman–Crippen LogP) is 0.0438. The Bertz CT molecular complexity index is 383. The lowest BCUT2D eigenvalue weighted by Crippen LogP contribution is -2.29. The molecule has 3 N–H and O–H groups in total. The van der Waals surface area contributed by atoms with Gasteiger partial charge in [-0.3, -0.25) is 0 Å². The predicted molar refractivity (Wildman–Crippen MR) is 64.3 cm³/mol. The van der Waals surface area contributed by atoms with E-state index in [4.69, 9.17) is 15.7 Å². The molecule has 17 heavy (non-hydrogen) atoms. The van der Waals surface area contributed by atoms with Crippen molar-refractivity contribution in [2.75, 3.05) is 31.7 Å². The highest BCUT2D eigenvalue weighted by molar-refractivity contribution is 5.95. The molecule has 0 aliphatic carbocycles. The van der Waals surface area contributed by atoms with Gasteiger partial charge in [0.25, 0.3) is 0 Å². The number of hydrogen-bond donors (Lipinski definition) is 2. The number of likely N-dealkylation sites (N-methyl/N-ethyl adjacent to an activating group) is 1. The van der Waals surface area contributed by atoms with Crippen LogP contribution in [0.2, 0.25) is 0 Å². The maximum atomic E-state index is 8.59. The summed E-state index contributed by atoms with van der Waals surface area (Å²) in [7, 11) is 1.64. The molecule has 0 bridgehead atoms. The molecule has 0 atom stereocenters. The molecule has 0 spiro atoms. The molecule has 0 fully saturated rings. The van der Waals surface area contributed by atoms with Gasteiger partial charge in [0.1, 0.15) is 5.69 Å². The normalized spacial score (nSPS) is 11.5. The second-order valence-electron chi connectivity index (χ2n) is 3.30. The zero-order chi connectivity index (χ0) is 12.7. The van der Waals surface area contributed by atoms with Crippen molar-refractivity contribution in [2.45, 2.75) is 6.92 Å². The maximum Gasteiger partial charge on any atom is 0.226 e. The van der Waals surface area contributed by atoms with Crippen LogP contribution in [-0.2, 0) is 4.74 Å². The minimum atomic E-state index is -0.0311. The van der Waals surface area contributed by atoms with Gasteiger partial charge in [0, 0.05) is 26.4 Å². The molecule has 1 aromatic heterocycles. The second kappa shape index (κ2) is 6.64. The van der Waals surface area contributed by atoms with Gasteiger partial charge in [-0.1, -0.05) is 5.16 Å². The van der Waals surface area contributed by atoms with Crippen molar-refractivity contribution in [3.63, 3.8) is 0 Å². The van der Waals surface area contributed by atoms with Crippen molar-refractivity contribution < 1.29 is 9.94 Å². The van der Waals surface area contributed by atoms with Gasteiger partial charge in [-0.25, -0.2) is 9.97 Å². The molecule has 0 aromatic carbocycles. The van der Waals surface area contributed by atoms with Crippen LogP contribution in [0, 0.1) is 0 Å². The third-order valence-electron chi connectivity index (χ3n) is 2.24. The molecular weight excluding hydrogens is 222 g/mol. The van der Waals surface area contributed by atoms with Crippen molar-refractivity contribution in [1.29, 1.82) is 0 Å². The monoisotopic (exact) mass is 239 g/mol. The van der Waals surface area contributed by atoms with Crippen molar-refractivity contribution in [3.8, 4) is 0 Å². The third-order valence-corrected chi connectivity index (χ3v) is 2.24. The topological polar surface area (TPSA) is 96.9 Å². The average Bonchev–Trinajstić information content (AvgIpc) is 2.39. The second-order valence-corrected chi connectivity index (χ2v) is 3.30. The van der Waals surface area contributed by atoms with Crippen LogP contribution in [0.1, 0.15) is 12.6 Å². The van der Waals surface area contributed by atoms with E-state index in [2.05, 4.69) is 15.1 Å². The number of anilines is 1. The van der Waals surface area contributed by atoms with E-state index in [0.29, 0.717) is 24.8 Å². The first kappa shape index (κ1) is 13.2. The van der Waals surface area contributed by atoms with Gasteiger partial charge in [0.2, 0.25) is 5.95 Å². The lowest BCUT2D eigenvalue weighted by atomic mass is 10.4. The number of oxime groups is 1. The van der Waals surface area contributed by atoms with Gasteiger partial charge in [-0.05, 0) is 13.0 Å². The zero-order valence-electron chi connectivity index (χ0n) is 10.00. The smallest absolute Gasteiger partial charge is 0.226 e. The summed E-state index contributed by atoms with van der Waals surface area (Å²) < 4.78 is 5.01. The van der Waals surface area contributed by atoms with Crippen LogP contribution in [0.25, 0.3) is 0 Å². The highest BCUT2D eigenvalue weighted by atomic mass is 16.5. The van der Waals surface area contributed by atoms with Crippen molar-refractivity contribution in [1.82, 2.24) is 9.97 Å². The summed E-state index contributed by atoms with van der Waals surface area (Å²) in [6, 6.07) is 1.59. The van der Waals surface area contributed by atoms with Crippen LogP contribution in [0.5, 0.6) is 0 Å². The molecule has 0 unspecified atom stereocenters. The van der Waals surface area contributed by atoms with Crippen LogP contribution >= 0.6 is 0 Å². The van der Waals surface area contributed by atoms with E-state index in [-0.39, 0.29) is 5.84 Å². The summed E-state index contributed by atoms with van der Waals surface area (Å²) in [6.45, 7) is 4.02. The Morgan fingerprint density at radius 1 is 1.65 bits per heavy atom. The van der Waals surface area contributed by atoms with E-state index in [1.807, 2.05) is 11.8 Å². The summed E-state index contributed by atoms with van der Waals surface area (Å²) in [6.07, 6.45) is 1.57. The van der Waals surface area contributed by atoms with Gasteiger partial charge in [-0.15, -0.1) is 0 Å². The number of ether oxygens (including phenoxy) is 1. The summed E-state index contributed by atoms with van der Waals surface area (Å²) in [5.41, 5.74) is 5.87. The Morgan fingerprint density at radius 2 is 2.41 bits per heavy atom. The fourth-order valence-electron chi connectivity index (χ4n) is 1.30. The highest BCUT2D eigenvalue weighted by Gasteiger charge is 2.09. The van der Waals surface area contributed by atoms with Crippen LogP contribution in [0.15, 0.2) is 17.4 Å². The first-order chi connectivity index (χ1) is 8.22. The molecule has 7 nitrogen and oxygen atoms in total. The molecule has 0 amide bonds.